The van der Waals surface area contributed by atoms with E-state index in [9.17, 15) is 0 Å². The van der Waals surface area contributed by atoms with Crippen molar-refractivity contribution in [2.45, 2.75) is 0 Å². The molecule has 0 unspecified atom stereocenters. The van der Waals surface area contributed by atoms with Gasteiger partial charge in [-0.2, -0.15) is 0 Å². The first kappa shape index (κ1) is 30.1. The molecule has 0 aliphatic heterocycles. The minimum Gasteiger partial charge on any atom is -0.454 e. The monoisotopic (exact) mass is 700 g/mol. The minimum atomic E-state index is 0.903. The third-order valence-electron chi connectivity index (χ3n) is 11.5. The van der Waals surface area contributed by atoms with Crippen molar-refractivity contribution < 1.29 is 4.42 Å². The molecule has 0 N–H and O–H groups in total. The Hall–Kier alpha value is -7.36. The van der Waals surface area contributed by atoms with E-state index in [0.29, 0.717) is 0 Å². The van der Waals surface area contributed by atoms with Gasteiger partial charge in [0.2, 0.25) is 0 Å². The highest BCUT2D eigenvalue weighted by Gasteiger charge is 2.20. The molecule has 9 aromatic carbocycles. The molecule has 0 radical (unpaired) electrons. The molecule has 256 valence electrons. The van der Waals surface area contributed by atoms with Gasteiger partial charge in [0.15, 0.2) is 5.58 Å². The van der Waals surface area contributed by atoms with Crippen LogP contribution in [0.25, 0.3) is 110 Å². The zero-order valence-corrected chi connectivity index (χ0v) is 29.8. The van der Waals surface area contributed by atoms with E-state index < -0.39 is 0 Å². The predicted molar refractivity (Wildman–Crippen MR) is 231 cm³/mol. The van der Waals surface area contributed by atoms with Crippen LogP contribution in [0.1, 0.15) is 0 Å². The van der Waals surface area contributed by atoms with Gasteiger partial charge in [-0.05, 0) is 99.8 Å². The van der Waals surface area contributed by atoms with Crippen LogP contribution in [0, 0.1) is 0 Å². The van der Waals surface area contributed by atoms with Gasteiger partial charge >= 0.3 is 0 Å². The van der Waals surface area contributed by atoms with Gasteiger partial charge in [-0.1, -0.05) is 127 Å². The Balaban J connectivity index is 1.06. The lowest BCUT2D eigenvalue weighted by Gasteiger charge is -2.11. The van der Waals surface area contributed by atoms with E-state index in [-0.39, 0.29) is 0 Å². The Morgan fingerprint density at radius 2 is 0.891 bits per heavy atom. The molecule has 3 nitrogen and oxygen atoms in total. The SMILES string of the molecule is c1ccc(-c2ccc(-n3c4ccccc4c4cc(-c5ccc6c(c5)c5ccc7c8ccccc8oc7c5n6-c5ccc6ccccc6c5)ccc43)cc2)cc1. The van der Waals surface area contributed by atoms with Crippen molar-refractivity contribution in [1.82, 2.24) is 9.13 Å². The average molecular weight is 701 g/mol. The summed E-state index contributed by atoms with van der Waals surface area (Å²) in [5.74, 6) is 0. The smallest absolute Gasteiger partial charge is 0.160 e. The van der Waals surface area contributed by atoms with Crippen LogP contribution >= 0.6 is 0 Å². The van der Waals surface area contributed by atoms with Crippen molar-refractivity contribution in [2.24, 2.45) is 0 Å². The number of hydrogen-bond donors (Lipinski definition) is 0. The third-order valence-corrected chi connectivity index (χ3v) is 11.5. The van der Waals surface area contributed by atoms with Crippen molar-refractivity contribution in [3.05, 3.63) is 194 Å². The lowest BCUT2D eigenvalue weighted by molar-refractivity contribution is 0.671. The molecule has 3 aromatic heterocycles. The molecule has 12 rings (SSSR count). The fourth-order valence-corrected chi connectivity index (χ4v) is 8.91. The van der Waals surface area contributed by atoms with Gasteiger partial charge in [0, 0.05) is 43.7 Å². The van der Waals surface area contributed by atoms with Crippen molar-refractivity contribution in [3.8, 4) is 33.6 Å². The quantitative estimate of drug-likeness (QED) is 0.179. The van der Waals surface area contributed by atoms with E-state index in [1.54, 1.807) is 0 Å². The number of hydrogen-bond acceptors (Lipinski definition) is 1. The lowest BCUT2D eigenvalue weighted by atomic mass is 10.0. The Morgan fingerprint density at radius 3 is 1.71 bits per heavy atom. The van der Waals surface area contributed by atoms with Crippen LogP contribution < -0.4 is 0 Å². The van der Waals surface area contributed by atoms with Crippen LogP contribution in [0.2, 0.25) is 0 Å². The molecule has 0 aliphatic carbocycles. The molecule has 3 heteroatoms. The predicted octanol–water partition coefficient (Wildman–Crippen LogP) is 14.3. The molecule has 0 amide bonds. The minimum absolute atomic E-state index is 0.903. The molecule has 55 heavy (non-hydrogen) atoms. The maximum Gasteiger partial charge on any atom is 0.160 e. The van der Waals surface area contributed by atoms with Crippen LogP contribution in [0.5, 0.6) is 0 Å². The van der Waals surface area contributed by atoms with Gasteiger partial charge in [0.05, 0.1) is 22.1 Å². The summed E-state index contributed by atoms with van der Waals surface area (Å²) in [6.45, 7) is 0. The Bertz CT molecular complexity index is 3470. The standard InChI is InChI=1S/C52H32N2O/c1-2-10-33(11-3-1)35-18-23-39(24-19-35)53-47-16-8-6-14-41(47)45-31-37(21-28-48(45)53)38-22-29-49-46(32-38)43-26-27-44-42-15-7-9-17-50(42)55-52(44)51(43)54(49)40-25-20-34-12-4-5-13-36(34)30-40/h1-32H. The molecule has 0 aliphatic rings. The Kier molecular flexibility index (Phi) is 6.34. The highest BCUT2D eigenvalue weighted by Crippen LogP contribution is 2.42. The first-order valence-electron chi connectivity index (χ1n) is 18.8. The van der Waals surface area contributed by atoms with Gasteiger partial charge in [0.25, 0.3) is 0 Å². The van der Waals surface area contributed by atoms with Crippen molar-refractivity contribution in [1.29, 1.82) is 0 Å². The molecule has 3 heterocycles. The fourth-order valence-electron chi connectivity index (χ4n) is 8.91. The zero-order valence-electron chi connectivity index (χ0n) is 29.8. The molecule has 12 aromatic rings. The average Bonchev–Trinajstić information content (AvgIpc) is 3.91. The highest BCUT2D eigenvalue weighted by atomic mass is 16.3. The molecule has 0 bridgehead atoms. The maximum atomic E-state index is 6.69. The molecular weight excluding hydrogens is 669 g/mol. The third kappa shape index (κ3) is 4.50. The molecule has 0 saturated heterocycles. The topological polar surface area (TPSA) is 23.0 Å². The number of aromatic nitrogens is 2. The van der Waals surface area contributed by atoms with Gasteiger partial charge in [-0.3, -0.25) is 0 Å². The van der Waals surface area contributed by atoms with E-state index in [4.69, 9.17) is 4.42 Å². The number of para-hydroxylation sites is 2. The number of fused-ring (bicyclic) bond motifs is 11. The van der Waals surface area contributed by atoms with Gasteiger partial charge in [0.1, 0.15) is 5.58 Å². The molecular formula is C52H32N2O. The summed E-state index contributed by atoms with van der Waals surface area (Å²) >= 11 is 0. The Labute approximate surface area is 316 Å². The number of furan rings is 1. The normalized spacial score (nSPS) is 12.0. The number of rotatable bonds is 4. The van der Waals surface area contributed by atoms with Gasteiger partial charge in [-0.25, -0.2) is 0 Å². The van der Waals surface area contributed by atoms with E-state index in [0.717, 1.165) is 44.3 Å². The van der Waals surface area contributed by atoms with Crippen LogP contribution in [0.3, 0.4) is 0 Å². The largest absolute Gasteiger partial charge is 0.454 e. The van der Waals surface area contributed by atoms with Crippen LogP contribution in [-0.4, -0.2) is 9.13 Å². The summed E-state index contributed by atoms with van der Waals surface area (Å²) in [7, 11) is 0. The second-order valence-electron chi connectivity index (χ2n) is 14.5. The first-order chi connectivity index (χ1) is 27.3. The van der Waals surface area contributed by atoms with Crippen LogP contribution in [0.15, 0.2) is 199 Å². The van der Waals surface area contributed by atoms with Crippen molar-refractivity contribution >= 4 is 76.3 Å². The second kappa shape index (κ2) is 11.6. The van der Waals surface area contributed by atoms with E-state index in [2.05, 4.69) is 197 Å². The molecule has 0 fully saturated rings. The van der Waals surface area contributed by atoms with Crippen molar-refractivity contribution in [2.75, 3.05) is 0 Å². The van der Waals surface area contributed by atoms with Crippen LogP contribution in [0.4, 0.5) is 0 Å². The lowest BCUT2D eigenvalue weighted by Crippen LogP contribution is -1.94. The first-order valence-corrected chi connectivity index (χ1v) is 18.8. The van der Waals surface area contributed by atoms with Crippen LogP contribution in [-0.2, 0) is 0 Å². The van der Waals surface area contributed by atoms with Gasteiger partial charge < -0.3 is 13.6 Å². The number of benzene rings is 9. The number of nitrogens with zero attached hydrogens (tertiary/aromatic N) is 2. The fraction of sp³-hybridized carbons (Fsp3) is 0. The summed E-state index contributed by atoms with van der Waals surface area (Å²) in [6.07, 6.45) is 0. The van der Waals surface area contributed by atoms with Crippen molar-refractivity contribution in [3.63, 3.8) is 0 Å². The molecule has 0 atom stereocenters. The maximum absolute atomic E-state index is 6.69. The zero-order chi connectivity index (χ0) is 36.0. The van der Waals surface area contributed by atoms with Gasteiger partial charge in [-0.15, -0.1) is 0 Å². The van der Waals surface area contributed by atoms with E-state index in [1.165, 1.54) is 65.6 Å². The molecule has 0 spiro atoms. The second-order valence-corrected chi connectivity index (χ2v) is 14.5. The van der Waals surface area contributed by atoms with E-state index in [1.807, 2.05) is 6.07 Å². The summed E-state index contributed by atoms with van der Waals surface area (Å²) in [5.41, 5.74) is 13.5. The molecule has 0 saturated carbocycles. The van der Waals surface area contributed by atoms with E-state index >= 15 is 0 Å². The Morgan fingerprint density at radius 1 is 0.309 bits per heavy atom. The highest BCUT2D eigenvalue weighted by molar-refractivity contribution is 6.22. The summed E-state index contributed by atoms with van der Waals surface area (Å²) in [6, 6.07) is 70.3. The summed E-state index contributed by atoms with van der Waals surface area (Å²) in [5, 5.41) is 9.56. The summed E-state index contributed by atoms with van der Waals surface area (Å²) < 4.78 is 11.5. The summed E-state index contributed by atoms with van der Waals surface area (Å²) in [4.78, 5) is 0.